The van der Waals surface area contributed by atoms with E-state index in [2.05, 4.69) is 39.5 Å². The Bertz CT molecular complexity index is 322. The second kappa shape index (κ2) is 8.17. The zero-order chi connectivity index (χ0) is 16.0. The van der Waals surface area contributed by atoms with Crippen molar-refractivity contribution in [3.63, 3.8) is 0 Å². The molecule has 1 rings (SSSR count). The number of amides is 1. The lowest BCUT2D eigenvalue weighted by atomic mass is 9.82. The van der Waals surface area contributed by atoms with Gasteiger partial charge in [0.25, 0.3) is 0 Å². The fraction of sp³-hybridized carbons (Fsp3) is 0.944. The summed E-state index contributed by atoms with van der Waals surface area (Å²) in [4.78, 5) is 14.8. The first kappa shape index (κ1) is 18.5. The average Bonchev–Trinajstić information content (AvgIpc) is 2.37. The van der Waals surface area contributed by atoms with Crippen LogP contribution < -0.4 is 5.73 Å². The fourth-order valence-electron chi connectivity index (χ4n) is 4.00. The summed E-state index contributed by atoms with van der Waals surface area (Å²) >= 11 is 0. The van der Waals surface area contributed by atoms with Gasteiger partial charge in [-0.25, -0.2) is 0 Å². The van der Waals surface area contributed by atoms with Gasteiger partial charge in [0.2, 0.25) is 5.91 Å². The van der Waals surface area contributed by atoms with Crippen molar-refractivity contribution in [2.24, 2.45) is 23.0 Å². The molecular weight excluding hydrogens is 260 g/mol. The molecule has 0 aromatic rings. The van der Waals surface area contributed by atoms with E-state index in [9.17, 15) is 4.79 Å². The van der Waals surface area contributed by atoms with Crippen LogP contribution in [0.15, 0.2) is 0 Å². The largest absolute Gasteiger partial charge is 0.340 e. The number of nitrogens with two attached hydrogens (primary N) is 1. The van der Waals surface area contributed by atoms with Gasteiger partial charge in [-0.15, -0.1) is 0 Å². The van der Waals surface area contributed by atoms with Crippen molar-refractivity contribution in [1.29, 1.82) is 0 Å². The Labute approximate surface area is 131 Å². The molecular formula is C18H36N2O. The van der Waals surface area contributed by atoms with Crippen molar-refractivity contribution in [1.82, 2.24) is 4.90 Å². The van der Waals surface area contributed by atoms with Gasteiger partial charge in [0.05, 0.1) is 0 Å². The molecule has 0 saturated heterocycles. The predicted molar refractivity (Wildman–Crippen MR) is 90.0 cm³/mol. The first-order valence-corrected chi connectivity index (χ1v) is 8.78. The van der Waals surface area contributed by atoms with Gasteiger partial charge < -0.3 is 10.6 Å². The smallest absolute Gasteiger partial charge is 0.223 e. The van der Waals surface area contributed by atoms with E-state index in [4.69, 9.17) is 5.73 Å². The predicted octanol–water partition coefficient (Wildman–Crippen LogP) is 3.81. The molecule has 1 aliphatic carbocycles. The summed E-state index contributed by atoms with van der Waals surface area (Å²) in [6.07, 6.45) is 6.60. The van der Waals surface area contributed by atoms with Crippen molar-refractivity contribution in [2.75, 3.05) is 13.1 Å². The lowest BCUT2D eigenvalue weighted by Gasteiger charge is -2.40. The molecule has 2 N–H and O–H groups in total. The zero-order valence-electron chi connectivity index (χ0n) is 14.8. The van der Waals surface area contributed by atoms with Crippen molar-refractivity contribution < 1.29 is 4.79 Å². The SMILES string of the molecule is CCN(C(=O)CC(C)CC(C)(C)C)C1CCCCC1CN. The highest BCUT2D eigenvalue weighted by Crippen LogP contribution is 2.30. The average molecular weight is 296 g/mol. The third-order valence-corrected chi connectivity index (χ3v) is 4.72. The number of hydrogen-bond acceptors (Lipinski definition) is 2. The zero-order valence-corrected chi connectivity index (χ0v) is 14.8. The fourth-order valence-corrected chi connectivity index (χ4v) is 4.00. The maximum Gasteiger partial charge on any atom is 0.223 e. The van der Waals surface area contributed by atoms with E-state index in [1.807, 2.05) is 0 Å². The van der Waals surface area contributed by atoms with Crippen molar-refractivity contribution in [3.8, 4) is 0 Å². The van der Waals surface area contributed by atoms with Gasteiger partial charge in [0, 0.05) is 19.0 Å². The van der Waals surface area contributed by atoms with Crippen molar-refractivity contribution in [3.05, 3.63) is 0 Å². The summed E-state index contributed by atoms with van der Waals surface area (Å²) in [6.45, 7) is 12.6. The summed E-state index contributed by atoms with van der Waals surface area (Å²) in [5.74, 6) is 1.28. The molecule has 3 atom stereocenters. The first-order valence-electron chi connectivity index (χ1n) is 8.78. The molecule has 3 nitrogen and oxygen atoms in total. The lowest BCUT2D eigenvalue weighted by Crippen LogP contribution is -2.48. The van der Waals surface area contributed by atoms with Crippen molar-refractivity contribution >= 4 is 5.91 Å². The molecule has 21 heavy (non-hydrogen) atoms. The van der Waals surface area contributed by atoms with Gasteiger partial charge in [-0.2, -0.15) is 0 Å². The van der Waals surface area contributed by atoms with Gasteiger partial charge in [-0.1, -0.05) is 40.5 Å². The standard InChI is InChI=1S/C18H36N2O/c1-6-20(16-10-8-7-9-15(16)13-19)17(21)11-14(2)12-18(3,4)5/h14-16H,6-13,19H2,1-5H3. The second-order valence-electron chi connectivity index (χ2n) is 8.10. The summed E-state index contributed by atoms with van der Waals surface area (Å²) in [5.41, 5.74) is 6.23. The molecule has 0 aromatic carbocycles. The Hall–Kier alpha value is -0.570. The molecule has 1 aliphatic rings. The molecule has 0 radical (unpaired) electrons. The van der Waals surface area contributed by atoms with E-state index in [1.54, 1.807) is 0 Å². The van der Waals surface area contributed by atoms with Crippen LogP contribution in [0.1, 0.15) is 73.1 Å². The van der Waals surface area contributed by atoms with E-state index in [1.165, 1.54) is 19.3 Å². The maximum absolute atomic E-state index is 12.7. The number of carbonyl (C=O) groups excluding carboxylic acids is 1. The van der Waals surface area contributed by atoms with E-state index in [0.29, 0.717) is 42.2 Å². The van der Waals surface area contributed by atoms with Gasteiger partial charge >= 0.3 is 0 Å². The first-order chi connectivity index (χ1) is 9.78. The van der Waals surface area contributed by atoms with Crippen LogP contribution in [-0.2, 0) is 4.79 Å². The number of carbonyl (C=O) groups is 1. The Morgan fingerprint density at radius 1 is 1.29 bits per heavy atom. The second-order valence-corrected chi connectivity index (χ2v) is 8.10. The van der Waals surface area contributed by atoms with Crippen LogP contribution in [0.4, 0.5) is 0 Å². The number of rotatable bonds is 6. The minimum atomic E-state index is 0.293. The van der Waals surface area contributed by atoms with Crippen LogP contribution in [0.2, 0.25) is 0 Å². The van der Waals surface area contributed by atoms with E-state index in [-0.39, 0.29) is 0 Å². The normalized spacial score (nSPS) is 24.7. The third kappa shape index (κ3) is 5.98. The highest BCUT2D eigenvalue weighted by atomic mass is 16.2. The summed E-state index contributed by atoms with van der Waals surface area (Å²) in [7, 11) is 0. The maximum atomic E-state index is 12.7. The third-order valence-electron chi connectivity index (χ3n) is 4.72. The molecule has 0 aliphatic heterocycles. The van der Waals surface area contributed by atoms with Crippen LogP contribution in [-0.4, -0.2) is 29.9 Å². The summed E-state index contributed by atoms with van der Waals surface area (Å²) in [6, 6.07) is 0.378. The molecule has 0 bridgehead atoms. The Morgan fingerprint density at radius 3 is 2.43 bits per heavy atom. The van der Waals surface area contributed by atoms with Crippen LogP contribution in [0.25, 0.3) is 0 Å². The van der Waals surface area contributed by atoms with E-state index >= 15 is 0 Å². The highest BCUT2D eigenvalue weighted by Gasteiger charge is 2.31. The monoisotopic (exact) mass is 296 g/mol. The Morgan fingerprint density at radius 2 is 1.90 bits per heavy atom. The summed E-state index contributed by atoms with van der Waals surface area (Å²) in [5, 5.41) is 0. The molecule has 3 unspecified atom stereocenters. The topological polar surface area (TPSA) is 46.3 Å². The van der Waals surface area contributed by atoms with Crippen LogP contribution in [0.5, 0.6) is 0 Å². The number of nitrogens with zero attached hydrogens (tertiary/aromatic N) is 1. The minimum absolute atomic E-state index is 0.293. The minimum Gasteiger partial charge on any atom is -0.340 e. The summed E-state index contributed by atoms with van der Waals surface area (Å²) < 4.78 is 0. The quantitative estimate of drug-likeness (QED) is 0.810. The molecule has 0 aromatic heterocycles. The van der Waals surface area contributed by atoms with Gasteiger partial charge in [-0.3, -0.25) is 4.79 Å². The van der Waals surface area contributed by atoms with Gasteiger partial charge in [0.15, 0.2) is 0 Å². The molecule has 1 fully saturated rings. The lowest BCUT2D eigenvalue weighted by molar-refractivity contribution is -0.136. The molecule has 0 heterocycles. The highest BCUT2D eigenvalue weighted by molar-refractivity contribution is 5.76. The Balaban J connectivity index is 2.63. The van der Waals surface area contributed by atoms with Gasteiger partial charge in [-0.05, 0) is 50.0 Å². The van der Waals surface area contributed by atoms with Crippen LogP contribution >= 0.6 is 0 Å². The number of hydrogen-bond donors (Lipinski definition) is 1. The van der Waals surface area contributed by atoms with E-state index < -0.39 is 0 Å². The molecule has 0 spiro atoms. The molecule has 124 valence electrons. The molecule has 1 saturated carbocycles. The van der Waals surface area contributed by atoms with Crippen LogP contribution in [0, 0.1) is 17.3 Å². The van der Waals surface area contributed by atoms with Gasteiger partial charge in [0.1, 0.15) is 0 Å². The van der Waals surface area contributed by atoms with Crippen molar-refractivity contribution in [2.45, 2.75) is 79.2 Å². The van der Waals surface area contributed by atoms with Crippen LogP contribution in [0.3, 0.4) is 0 Å². The van der Waals surface area contributed by atoms with E-state index in [0.717, 1.165) is 19.4 Å². The molecule has 3 heteroatoms. The molecule has 1 amide bonds. The Kier molecular flexibility index (Phi) is 7.19.